The Labute approximate surface area is 122 Å². The number of carbonyl (C=O) groups is 1. The van der Waals surface area contributed by atoms with Crippen molar-refractivity contribution in [1.82, 2.24) is 4.90 Å². The molecule has 4 heteroatoms. The number of rotatable bonds is 1. The van der Waals surface area contributed by atoms with Crippen LogP contribution >= 0.6 is 0 Å². The van der Waals surface area contributed by atoms with Crippen molar-refractivity contribution in [2.75, 3.05) is 18.4 Å². The molecule has 2 amide bonds. The lowest BCUT2D eigenvalue weighted by Crippen LogP contribution is -2.38. The Bertz CT molecular complexity index is 424. The van der Waals surface area contributed by atoms with E-state index in [0.717, 1.165) is 25.9 Å². The van der Waals surface area contributed by atoms with E-state index in [1.165, 1.54) is 18.6 Å². The fraction of sp³-hybridized carbons (Fsp3) is 0.438. The second kappa shape index (κ2) is 9.13. The zero-order valence-corrected chi connectivity index (χ0v) is 12.2. The van der Waals surface area contributed by atoms with Gasteiger partial charge in [-0.2, -0.15) is 0 Å². The molecule has 0 saturated carbocycles. The summed E-state index contributed by atoms with van der Waals surface area (Å²) in [5, 5.41) is 2.76. The summed E-state index contributed by atoms with van der Waals surface area (Å²) >= 11 is 0. The first-order valence-corrected chi connectivity index (χ1v) is 7.06. The predicted octanol–water partition coefficient (Wildman–Crippen LogP) is 4.67. The van der Waals surface area contributed by atoms with E-state index in [1.54, 1.807) is 17.0 Å². The van der Waals surface area contributed by atoms with Gasteiger partial charge in [-0.05, 0) is 57.4 Å². The van der Waals surface area contributed by atoms with Crippen molar-refractivity contribution in [2.24, 2.45) is 0 Å². The van der Waals surface area contributed by atoms with Gasteiger partial charge in [-0.1, -0.05) is 12.2 Å². The van der Waals surface area contributed by atoms with Crippen LogP contribution in [0.25, 0.3) is 0 Å². The average Bonchev–Trinajstić information content (AvgIpc) is 2.50. The minimum atomic E-state index is -0.295. The molecule has 0 atom stereocenters. The van der Waals surface area contributed by atoms with Gasteiger partial charge in [0.25, 0.3) is 0 Å². The van der Waals surface area contributed by atoms with E-state index < -0.39 is 0 Å². The molecule has 1 N–H and O–H groups in total. The number of carbonyl (C=O) groups excluding carboxylic acids is 1. The van der Waals surface area contributed by atoms with Crippen molar-refractivity contribution in [3.63, 3.8) is 0 Å². The van der Waals surface area contributed by atoms with Gasteiger partial charge in [0.05, 0.1) is 0 Å². The molecule has 0 aromatic heterocycles. The number of allylic oxidation sites excluding steroid dienone is 2. The Morgan fingerprint density at radius 3 is 2.20 bits per heavy atom. The van der Waals surface area contributed by atoms with E-state index in [4.69, 9.17) is 0 Å². The molecule has 1 saturated heterocycles. The molecule has 1 aliphatic heterocycles. The minimum Gasteiger partial charge on any atom is -0.325 e. The van der Waals surface area contributed by atoms with E-state index in [-0.39, 0.29) is 13.3 Å². The maximum Gasteiger partial charge on any atom is 0.321 e. The topological polar surface area (TPSA) is 32.3 Å². The van der Waals surface area contributed by atoms with Crippen LogP contribution in [-0.2, 0) is 0 Å². The van der Waals surface area contributed by atoms with Crippen LogP contribution in [0.4, 0.5) is 14.9 Å². The van der Waals surface area contributed by atoms with Gasteiger partial charge >= 0.3 is 6.03 Å². The summed E-state index contributed by atoms with van der Waals surface area (Å²) in [6.45, 7) is 5.63. The van der Waals surface area contributed by atoms with Crippen LogP contribution in [0.5, 0.6) is 0 Å². The first-order chi connectivity index (χ1) is 9.67. The number of benzene rings is 1. The number of nitrogens with zero attached hydrogens (tertiary/aromatic N) is 1. The van der Waals surface area contributed by atoms with E-state index in [0.29, 0.717) is 5.69 Å². The number of amides is 2. The largest absolute Gasteiger partial charge is 0.325 e. The fourth-order valence-electron chi connectivity index (χ4n) is 1.83. The van der Waals surface area contributed by atoms with Crippen molar-refractivity contribution >= 4 is 11.7 Å². The first-order valence-electron chi connectivity index (χ1n) is 7.06. The van der Waals surface area contributed by atoms with Crippen LogP contribution in [0.15, 0.2) is 36.4 Å². The molecule has 1 aliphatic rings. The van der Waals surface area contributed by atoms with Crippen LogP contribution in [0.1, 0.15) is 34.5 Å². The van der Waals surface area contributed by atoms with Gasteiger partial charge in [0, 0.05) is 20.2 Å². The number of piperidine rings is 1. The van der Waals surface area contributed by atoms with E-state index >= 15 is 0 Å². The second-order valence-electron chi connectivity index (χ2n) is 4.65. The smallest absolute Gasteiger partial charge is 0.321 e. The molecule has 1 aromatic rings. The van der Waals surface area contributed by atoms with Gasteiger partial charge in [-0.15, -0.1) is 0 Å². The summed E-state index contributed by atoms with van der Waals surface area (Å²) in [5.74, 6) is -0.295. The average molecular weight is 280 g/mol. The summed E-state index contributed by atoms with van der Waals surface area (Å²) < 4.78 is 12.7. The van der Waals surface area contributed by atoms with Crippen molar-refractivity contribution in [3.8, 4) is 0 Å². The Morgan fingerprint density at radius 2 is 1.70 bits per heavy atom. The lowest BCUT2D eigenvalue weighted by Gasteiger charge is -2.26. The third-order valence-corrected chi connectivity index (χ3v) is 3.07. The van der Waals surface area contributed by atoms with Crippen LogP contribution < -0.4 is 5.32 Å². The molecule has 0 spiro atoms. The number of nitrogens with one attached hydrogen (secondary N) is 1. The molecule has 112 valence electrons. The highest BCUT2D eigenvalue weighted by Gasteiger charge is 2.15. The normalized spacial score (nSPS) is 14.7. The van der Waals surface area contributed by atoms with E-state index in [9.17, 15) is 9.18 Å². The first kappa shape index (κ1) is 16.2. The second-order valence-corrected chi connectivity index (χ2v) is 4.65. The summed E-state index contributed by atoms with van der Waals surface area (Å²) in [7, 11) is 0. The maximum atomic E-state index is 12.7. The van der Waals surface area contributed by atoms with Gasteiger partial charge in [0.2, 0.25) is 0 Å². The van der Waals surface area contributed by atoms with Crippen LogP contribution in [0, 0.1) is 5.82 Å². The lowest BCUT2D eigenvalue weighted by molar-refractivity contribution is 0.200. The van der Waals surface area contributed by atoms with Crippen molar-refractivity contribution < 1.29 is 10.6 Å². The van der Waals surface area contributed by atoms with Crippen LogP contribution in [0.2, 0.25) is 0 Å². The van der Waals surface area contributed by atoms with Gasteiger partial charge in [-0.25, -0.2) is 9.18 Å². The zero-order valence-electron chi connectivity index (χ0n) is 12.2. The number of halogens is 1. The Balaban J connectivity index is 0.000000715. The Morgan fingerprint density at radius 1 is 1.15 bits per heavy atom. The van der Waals surface area contributed by atoms with Gasteiger partial charge < -0.3 is 10.2 Å². The molecular formula is C16H25FN2O. The standard InChI is InChI=1S/C12H15FN2O.C4H8.H2/c13-10-4-6-11(7-5-10)14-12(16)15-8-2-1-3-9-15;1-3-4-2;/h4-7H,1-3,8-9H2,(H,14,16);3-4H,1-2H3;1H/b;4-3+;. The minimum absolute atomic E-state index is 0. The number of hydrogen-bond donors (Lipinski definition) is 1. The molecule has 2 rings (SSSR count). The fourth-order valence-corrected chi connectivity index (χ4v) is 1.83. The molecule has 0 aliphatic carbocycles. The number of anilines is 1. The molecule has 1 heterocycles. The van der Waals surface area contributed by atoms with Crippen molar-refractivity contribution in [3.05, 3.63) is 42.2 Å². The molecule has 0 radical (unpaired) electrons. The molecule has 20 heavy (non-hydrogen) atoms. The third-order valence-electron chi connectivity index (χ3n) is 3.07. The Hall–Kier alpha value is -1.84. The number of urea groups is 1. The van der Waals surface area contributed by atoms with Crippen LogP contribution in [-0.4, -0.2) is 24.0 Å². The quantitative estimate of drug-likeness (QED) is 0.745. The summed E-state index contributed by atoms with van der Waals surface area (Å²) in [6.07, 6.45) is 7.33. The summed E-state index contributed by atoms with van der Waals surface area (Å²) in [5.41, 5.74) is 0.636. The lowest BCUT2D eigenvalue weighted by atomic mass is 10.1. The van der Waals surface area contributed by atoms with E-state index in [1.807, 2.05) is 26.0 Å². The summed E-state index contributed by atoms with van der Waals surface area (Å²) in [6, 6.07) is 5.72. The van der Waals surface area contributed by atoms with Crippen molar-refractivity contribution in [2.45, 2.75) is 33.1 Å². The highest BCUT2D eigenvalue weighted by Crippen LogP contribution is 2.12. The Kier molecular flexibility index (Phi) is 7.40. The number of hydrogen-bond acceptors (Lipinski definition) is 1. The van der Waals surface area contributed by atoms with Crippen molar-refractivity contribution in [1.29, 1.82) is 0 Å². The highest BCUT2D eigenvalue weighted by atomic mass is 19.1. The molecular weight excluding hydrogens is 255 g/mol. The molecule has 1 fully saturated rings. The monoisotopic (exact) mass is 280 g/mol. The number of likely N-dealkylation sites (tertiary alicyclic amines) is 1. The zero-order chi connectivity index (χ0) is 14.8. The molecule has 0 unspecified atom stereocenters. The molecule has 3 nitrogen and oxygen atoms in total. The predicted molar refractivity (Wildman–Crippen MR) is 83.4 cm³/mol. The van der Waals surface area contributed by atoms with Crippen LogP contribution in [0.3, 0.4) is 0 Å². The van der Waals surface area contributed by atoms with E-state index in [2.05, 4.69) is 5.32 Å². The van der Waals surface area contributed by atoms with Gasteiger partial charge in [0.15, 0.2) is 0 Å². The maximum absolute atomic E-state index is 12.7. The molecule has 0 bridgehead atoms. The SMILES string of the molecule is C/C=C/C.O=C(Nc1ccc(F)cc1)N1CCCCC1.[HH]. The summed E-state index contributed by atoms with van der Waals surface area (Å²) in [4.78, 5) is 13.6. The highest BCUT2D eigenvalue weighted by molar-refractivity contribution is 5.89. The molecule has 1 aromatic carbocycles. The third kappa shape index (κ3) is 5.87. The van der Waals surface area contributed by atoms with Gasteiger partial charge in [0.1, 0.15) is 5.82 Å². The van der Waals surface area contributed by atoms with Gasteiger partial charge in [-0.3, -0.25) is 0 Å².